The molecular weight excluding hydrogens is 466 g/mol. The molecule has 3 aromatic carbocycles. The smallest absolute Gasteiger partial charge is 0.131 e. The van der Waals surface area contributed by atoms with Crippen molar-refractivity contribution in [2.75, 3.05) is 6.54 Å². The molecule has 31 heavy (non-hydrogen) atoms. The molecule has 0 spiro atoms. The summed E-state index contributed by atoms with van der Waals surface area (Å²) in [5.41, 5.74) is 3.75. The SMILES string of the molecule is Br.c1ccc(C(Sc2cn(-c3ccccc3)c([C@@H]3CCCN3)n2)c2ccccc2)cc1. The summed E-state index contributed by atoms with van der Waals surface area (Å²) in [6.45, 7) is 1.06. The fourth-order valence-electron chi connectivity index (χ4n) is 4.08. The highest BCUT2D eigenvalue weighted by atomic mass is 79.9. The first-order valence-corrected chi connectivity index (χ1v) is 11.4. The number of thioether (sulfide) groups is 1. The fraction of sp³-hybridized carbons (Fsp3) is 0.192. The van der Waals surface area contributed by atoms with Gasteiger partial charge in [-0.15, -0.1) is 17.0 Å². The van der Waals surface area contributed by atoms with E-state index in [4.69, 9.17) is 4.98 Å². The molecule has 1 atom stereocenters. The van der Waals surface area contributed by atoms with Gasteiger partial charge in [0.05, 0.1) is 11.3 Å². The highest BCUT2D eigenvalue weighted by Crippen LogP contribution is 2.41. The van der Waals surface area contributed by atoms with Crippen molar-refractivity contribution in [3.63, 3.8) is 0 Å². The summed E-state index contributed by atoms with van der Waals surface area (Å²) in [5.74, 6) is 1.11. The standard InChI is InChI=1S/C26H25N3S.BrH/c1-4-11-20(12-5-1)25(21-13-6-2-7-14-21)30-24-19-29(22-15-8-3-9-16-22)26(28-24)23-17-10-18-27-23;/h1-9,11-16,19,23,25,27H,10,17-18H2;1H/t23-;/m0./s1. The number of hydrogen-bond acceptors (Lipinski definition) is 3. The molecule has 0 bridgehead atoms. The predicted molar refractivity (Wildman–Crippen MR) is 134 cm³/mol. The van der Waals surface area contributed by atoms with Gasteiger partial charge in [0.15, 0.2) is 0 Å². The maximum absolute atomic E-state index is 5.12. The van der Waals surface area contributed by atoms with Gasteiger partial charge in [-0.25, -0.2) is 4.98 Å². The molecule has 0 radical (unpaired) electrons. The van der Waals surface area contributed by atoms with Gasteiger partial charge in [-0.05, 0) is 42.6 Å². The van der Waals surface area contributed by atoms with Crippen molar-refractivity contribution < 1.29 is 0 Å². The average Bonchev–Trinajstić information content (AvgIpc) is 3.49. The molecule has 1 saturated heterocycles. The van der Waals surface area contributed by atoms with E-state index in [0.29, 0.717) is 6.04 Å². The highest BCUT2D eigenvalue weighted by Gasteiger charge is 2.25. The molecule has 0 saturated carbocycles. The number of benzene rings is 3. The Hall–Kier alpha value is -2.34. The predicted octanol–water partition coefficient (Wildman–Crippen LogP) is 6.76. The minimum absolute atomic E-state index is 0. The van der Waals surface area contributed by atoms with Gasteiger partial charge in [0, 0.05) is 11.9 Å². The average molecular weight is 492 g/mol. The third kappa shape index (κ3) is 4.95. The summed E-state index contributed by atoms with van der Waals surface area (Å²) in [7, 11) is 0. The van der Waals surface area contributed by atoms with E-state index in [9.17, 15) is 0 Å². The Bertz CT molecular complexity index is 1040. The topological polar surface area (TPSA) is 29.9 Å². The van der Waals surface area contributed by atoms with Gasteiger partial charge in [-0.1, -0.05) is 90.6 Å². The molecule has 3 nitrogen and oxygen atoms in total. The largest absolute Gasteiger partial charge is 0.307 e. The molecular formula is C26H26BrN3S. The van der Waals surface area contributed by atoms with Crippen LogP contribution < -0.4 is 5.32 Å². The van der Waals surface area contributed by atoms with Gasteiger partial charge in [-0.2, -0.15) is 0 Å². The molecule has 0 unspecified atom stereocenters. The van der Waals surface area contributed by atoms with Crippen molar-refractivity contribution in [2.45, 2.75) is 29.2 Å². The highest BCUT2D eigenvalue weighted by molar-refractivity contribution is 8.93. The monoisotopic (exact) mass is 491 g/mol. The molecule has 1 aliphatic heterocycles. The number of hydrogen-bond donors (Lipinski definition) is 1. The first-order valence-electron chi connectivity index (χ1n) is 10.5. The Labute approximate surface area is 198 Å². The van der Waals surface area contributed by atoms with Crippen LogP contribution in [0.2, 0.25) is 0 Å². The molecule has 158 valence electrons. The van der Waals surface area contributed by atoms with Crippen molar-refractivity contribution in [1.82, 2.24) is 14.9 Å². The summed E-state index contributed by atoms with van der Waals surface area (Å²) in [4.78, 5) is 5.12. The lowest BCUT2D eigenvalue weighted by atomic mass is 10.0. The van der Waals surface area contributed by atoms with Crippen LogP contribution in [-0.4, -0.2) is 16.1 Å². The molecule has 1 fully saturated rings. The van der Waals surface area contributed by atoms with Gasteiger partial charge in [0.25, 0.3) is 0 Å². The van der Waals surface area contributed by atoms with Crippen molar-refractivity contribution in [2.24, 2.45) is 0 Å². The van der Waals surface area contributed by atoms with Crippen molar-refractivity contribution in [1.29, 1.82) is 0 Å². The second-order valence-electron chi connectivity index (χ2n) is 7.61. The Balaban J connectivity index is 0.00000231. The van der Waals surface area contributed by atoms with E-state index in [1.54, 1.807) is 0 Å². The van der Waals surface area contributed by atoms with E-state index in [1.807, 2.05) is 11.8 Å². The van der Waals surface area contributed by atoms with E-state index < -0.39 is 0 Å². The zero-order valence-corrected chi connectivity index (χ0v) is 19.8. The van der Waals surface area contributed by atoms with E-state index in [1.165, 1.54) is 17.5 Å². The lowest BCUT2D eigenvalue weighted by Crippen LogP contribution is -2.17. The Morgan fingerprint density at radius 3 is 1.97 bits per heavy atom. The van der Waals surface area contributed by atoms with Gasteiger partial charge in [-0.3, -0.25) is 0 Å². The molecule has 1 aromatic heterocycles. The van der Waals surface area contributed by atoms with E-state index >= 15 is 0 Å². The molecule has 5 heteroatoms. The number of halogens is 1. The Morgan fingerprint density at radius 1 is 0.839 bits per heavy atom. The molecule has 2 heterocycles. The number of rotatable bonds is 6. The molecule has 0 amide bonds. The lowest BCUT2D eigenvalue weighted by molar-refractivity contribution is 0.593. The van der Waals surface area contributed by atoms with Gasteiger partial charge in [0.1, 0.15) is 10.9 Å². The second-order valence-corrected chi connectivity index (χ2v) is 8.74. The maximum Gasteiger partial charge on any atom is 0.131 e. The van der Waals surface area contributed by atoms with Crippen LogP contribution in [0.4, 0.5) is 0 Å². The van der Waals surface area contributed by atoms with Crippen molar-refractivity contribution >= 4 is 28.7 Å². The normalized spacial score (nSPS) is 15.7. The van der Waals surface area contributed by atoms with Crippen LogP contribution in [0.1, 0.15) is 41.1 Å². The zero-order valence-electron chi connectivity index (χ0n) is 17.2. The minimum atomic E-state index is 0. The number of nitrogens with zero attached hydrogens (tertiary/aromatic N) is 2. The van der Waals surface area contributed by atoms with Crippen molar-refractivity contribution in [3.05, 3.63) is 114 Å². The van der Waals surface area contributed by atoms with Crippen LogP contribution in [-0.2, 0) is 0 Å². The molecule has 1 N–H and O–H groups in total. The van der Waals surface area contributed by atoms with Gasteiger partial charge in [0.2, 0.25) is 0 Å². The van der Waals surface area contributed by atoms with Crippen LogP contribution in [0.5, 0.6) is 0 Å². The van der Waals surface area contributed by atoms with Gasteiger partial charge >= 0.3 is 0 Å². The summed E-state index contributed by atoms with van der Waals surface area (Å²) >= 11 is 1.82. The summed E-state index contributed by atoms with van der Waals surface area (Å²) in [5, 5.41) is 4.88. The first kappa shape index (κ1) is 21.9. The van der Waals surface area contributed by atoms with E-state index in [0.717, 1.165) is 29.5 Å². The van der Waals surface area contributed by atoms with Crippen LogP contribution in [0.3, 0.4) is 0 Å². The summed E-state index contributed by atoms with van der Waals surface area (Å²) in [6.07, 6.45) is 4.54. The minimum Gasteiger partial charge on any atom is -0.307 e. The number of nitrogens with one attached hydrogen (secondary N) is 1. The summed E-state index contributed by atoms with van der Waals surface area (Å²) in [6, 6.07) is 32.3. The zero-order chi connectivity index (χ0) is 20.2. The summed E-state index contributed by atoms with van der Waals surface area (Å²) < 4.78 is 2.26. The van der Waals surface area contributed by atoms with Crippen LogP contribution in [0, 0.1) is 0 Å². The van der Waals surface area contributed by atoms with E-state index in [2.05, 4.69) is 107 Å². The lowest BCUT2D eigenvalue weighted by Gasteiger charge is -2.16. The quantitative estimate of drug-likeness (QED) is 0.302. The first-order chi connectivity index (χ1) is 14.9. The van der Waals surface area contributed by atoms with Crippen LogP contribution >= 0.6 is 28.7 Å². The van der Waals surface area contributed by atoms with Gasteiger partial charge < -0.3 is 9.88 Å². The number of para-hydroxylation sites is 1. The Kier molecular flexibility index (Phi) is 7.28. The third-order valence-corrected chi connectivity index (χ3v) is 6.78. The molecule has 4 aromatic rings. The second kappa shape index (κ2) is 10.3. The fourth-order valence-corrected chi connectivity index (χ4v) is 5.22. The van der Waals surface area contributed by atoms with Crippen molar-refractivity contribution in [3.8, 4) is 5.69 Å². The third-order valence-electron chi connectivity index (χ3n) is 5.56. The number of aromatic nitrogens is 2. The Morgan fingerprint density at radius 2 is 1.42 bits per heavy atom. The molecule has 1 aliphatic rings. The molecule has 5 rings (SSSR count). The van der Waals surface area contributed by atoms with E-state index in [-0.39, 0.29) is 22.2 Å². The maximum atomic E-state index is 5.12. The van der Waals surface area contributed by atoms with Crippen LogP contribution in [0.25, 0.3) is 5.69 Å². The van der Waals surface area contributed by atoms with Crippen LogP contribution in [0.15, 0.2) is 102 Å². The molecule has 0 aliphatic carbocycles. The number of imidazole rings is 1.